The van der Waals surface area contributed by atoms with E-state index in [0.29, 0.717) is 22.9 Å². The molecule has 0 radical (unpaired) electrons. The molecule has 0 aliphatic heterocycles. The van der Waals surface area contributed by atoms with Gasteiger partial charge in [0.15, 0.2) is 6.10 Å². The minimum atomic E-state index is -0.710. The van der Waals surface area contributed by atoms with Gasteiger partial charge < -0.3 is 14.8 Å². The molecule has 2 aromatic rings. The van der Waals surface area contributed by atoms with Gasteiger partial charge in [-0.05, 0) is 73.2 Å². The molecule has 1 amide bonds. The third kappa shape index (κ3) is 4.52. The average Bonchev–Trinajstić information content (AvgIpc) is 3.01. The van der Waals surface area contributed by atoms with Crippen LogP contribution in [-0.4, -0.2) is 24.6 Å². The fraction of sp³-hybridized carbons (Fsp3) is 0.400. The second kappa shape index (κ2) is 8.89. The van der Waals surface area contributed by atoms with Gasteiger partial charge in [-0.15, -0.1) is 11.3 Å². The van der Waals surface area contributed by atoms with E-state index in [0.717, 1.165) is 35.7 Å². The van der Waals surface area contributed by atoms with Crippen molar-refractivity contribution in [1.29, 1.82) is 0 Å². The maximum atomic E-state index is 12.7. The minimum Gasteiger partial charge on any atom is -0.480 e. The molecule has 1 N–H and O–H groups in total. The summed E-state index contributed by atoms with van der Waals surface area (Å²) in [5.41, 5.74) is 1.54. The molecule has 7 heteroatoms. The van der Waals surface area contributed by atoms with Gasteiger partial charge in [0.05, 0.1) is 16.6 Å². The first-order valence-corrected chi connectivity index (χ1v) is 10.7. The lowest BCUT2D eigenvalue weighted by molar-refractivity contribution is -0.122. The lowest BCUT2D eigenvalue weighted by atomic mass is 9.95. The number of halogens is 1. The van der Waals surface area contributed by atoms with E-state index in [-0.39, 0.29) is 11.9 Å². The molecular weight excluding hydrogens is 430 g/mol. The molecule has 0 bridgehead atoms. The third-order valence-electron chi connectivity index (χ3n) is 4.40. The zero-order valence-corrected chi connectivity index (χ0v) is 17.7. The Morgan fingerprint density at radius 2 is 2.00 bits per heavy atom. The van der Waals surface area contributed by atoms with Crippen LogP contribution in [0, 0.1) is 0 Å². The Morgan fingerprint density at radius 3 is 2.74 bits per heavy atom. The van der Waals surface area contributed by atoms with E-state index in [9.17, 15) is 9.59 Å². The molecule has 27 heavy (non-hydrogen) atoms. The molecule has 0 spiro atoms. The van der Waals surface area contributed by atoms with E-state index in [1.165, 1.54) is 16.2 Å². The highest BCUT2D eigenvalue weighted by atomic mass is 79.9. The first-order valence-electron chi connectivity index (χ1n) is 9.05. The second-order valence-electron chi connectivity index (χ2n) is 6.32. The zero-order chi connectivity index (χ0) is 19.4. The number of thiophene rings is 1. The van der Waals surface area contributed by atoms with Gasteiger partial charge in [0.1, 0.15) is 10.8 Å². The van der Waals surface area contributed by atoms with Gasteiger partial charge in [-0.2, -0.15) is 0 Å². The van der Waals surface area contributed by atoms with Gasteiger partial charge in [0.25, 0.3) is 5.91 Å². The maximum absolute atomic E-state index is 12.7. The van der Waals surface area contributed by atoms with Crippen LogP contribution in [0.2, 0.25) is 0 Å². The van der Waals surface area contributed by atoms with Crippen LogP contribution in [0.15, 0.2) is 28.7 Å². The standard InChI is InChI=1S/C20H22BrNO4S/c1-3-25-20(24)17-13-8-4-7-11-16(13)27-19(17)22-18(23)12(2)26-15-10-6-5-9-14(15)21/h5-6,9-10,12H,3-4,7-8,11H2,1-2H3,(H,22,23)/t12-/m0/s1. The van der Waals surface area contributed by atoms with Crippen LogP contribution in [0.3, 0.4) is 0 Å². The fourth-order valence-corrected chi connectivity index (χ4v) is 4.73. The summed E-state index contributed by atoms with van der Waals surface area (Å²) in [5.74, 6) is -0.0716. The number of carbonyl (C=O) groups excluding carboxylic acids is 2. The van der Waals surface area contributed by atoms with Crippen LogP contribution in [0.1, 0.15) is 47.5 Å². The first-order chi connectivity index (χ1) is 13.0. The number of ether oxygens (including phenoxy) is 2. The summed E-state index contributed by atoms with van der Waals surface area (Å²) in [6, 6.07) is 7.37. The minimum absolute atomic E-state index is 0.296. The number of rotatable bonds is 6. The van der Waals surface area contributed by atoms with Gasteiger partial charge in [-0.1, -0.05) is 12.1 Å². The highest BCUT2D eigenvalue weighted by molar-refractivity contribution is 9.10. The number of amides is 1. The first kappa shape index (κ1) is 19.9. The topological polar surface area (TPSA) is 64.6 Å². The van der Waals surface area contributed by atoms with E-state index in [2.05, 4.69) is 21.2 Å². The second-order valence-corrected chi connectivity index (χ2v) is 8.27. The number of carbonyl (C=O) groups is 2. The Labute approximate surface area is 171 Å². The molecule has 1 aliphatic rings. The van der Waals surface area contributed by atoms with E-state index in [1.807, 2.05) is 18.2 Å². The average molecular weight is 452 g/mol. The Morgan fingerprint density at radius 1 is 1.26 bits per heavy atom. The zero-order valence-electron chi connectivity index (χ0n) is 15.3. The van der Waals surface area contributed by atoms with Crippen LogP contribution in [-0.2, 0) is 22.4 Å². The predicted octanol–water partition coefficient (Wildman–Crippen LogP) is 4.97. The van der Waals surface area contributed by atoms with Crippen molar-refractivity contribution in [3.05, 3.63) is 44.7 Å². The van der Waals surface area contributed by atoms with Crippen molar-refractivity contribution in [2.24, 2.45) is 0 Å². The number of hydrogen-bond acceptors (Lipinski definition) is 5. The molecule has 1 atom stereocenters. The van der Waals surface area contributed by atoms with E-state index < -0.39 is 6.10 Å². The highest BCUT2D eigenvalue weighted by Crippen LogP contribution is 2.38. The van der Waals surface area contributed by atoms with Crippen LogP contribution in [0.5, 0.6) is 5.75 Å². The van der Waals surface area contributed by atoms with Gasteiger partial charge in [0.2, 0.25) is 0 Å². The summed E-state index contributed by atoms with van der Waals surface area (Å²) in [4.78, 5) is 26.3. The lowest BCUT2D eigenvalue weighted by Crippen LogP contribution is -2.30. The molecule has 1 aliphatic carbocycles. The number of esters is 1. The Hall–Kier alpha value is -1.86. The monoisotopic (exact) mass is 451 g/mol. The van der Waals surface area contributed by atoms with Gasteiger partial charge in [-0.25, -0.2) is 4.79 Å². The van der Waals surface area contributed by atoms with Crippen molar-refractivity contribution in [2.45, 2.75) is 45.6 Å². The number of hydrogen-bond donors (Lipinski definition) is 1. The Kier molecular flexibility index (Phi) is 6.55. The molecule has 144 valence electrons. The van der Waals surface area contributed by atoms with E-state index in [1.54, 1.807) is 19.9 Å². The van der Waals surface area contributed by atoms with Crippen molar-refractivity contribution in [1.82, 2.24) is 0 Å². The van der Waals surface area contributed by atoms with Crippen molar-refractivity contribution in [2.75, 3.05) is 11.9 Å². The predicted molar refractivity (Wildman–Crippen MR) is 110 cm³/mol. The molecule has 1 aromatic heterocycles. The molecule has 0 saturated carbocycles. The summed E-state index contributed by atoms with van der Waals surface area (Å²) in [7, 11) is 0. The van der Waals surface area contributed by atoms with Crippen LogP contribution >= 0.6 is 27.3 Å². The SMILES string of the molecule is CCOC(=O)c1c(NC(=O)[C@H](C)Oc2ccccc2Br)sc2c1CCCC2. The smallest absolute Gasteiger partial charge is 0.341 e. The number of aryl methyl sites for hydroxylation is 1. The molecular formula is C20H22BrNO4S. The molecule has 1 heterocycles. The Bertz CT molecular complexity index is 849. The third-order valence-corrected chi connectivity index (χ3v) is 6.26. The fourth-order valence-electron chi connectivity index (χ4n) is 3.07. The number of anilines is 1. The van der Waals surface area contributed by atoms with Gasteiger partial charge in [0, 0.05) is 4.88 Å². The number of nitrogens with one attached hydrogen (secondary N) is 1. The van der Waals surface area contributed by atoms with Crippen molar-refractivity contribution >= 4 is 44.1 Å². The number of fused-ring (bicyclic) bond motifs is 1. The highest BCUT2D eigenvalue weighted by Gasteiger charge is 2.28. The molecule has 0 unspecified atom stereocenters. The van der Waals surface area contributed by atoms with Crippen molar-refractivity contribution in [3.63, 3.8) is 0 Å². The molecule has 0 fully saturated rings. The molecule has 0 saturated heterocycles. The maximum Gasteiger partial charge on any atom is 0.341 e. The van der Waals surface area contributed by atoms with Crippen LogP contribution in [0.4, 0.5) is 5.00 Å². The van der Waals surface area contributed by atoms with Crippen LogP contribution in [0.25, 0.3) is 0 Å². The molecule has 3 rings (SSSR count). The quantitative estimate of drug-likeness (QED) is 0.629. The van der Waals surface area contributed by atoms with Crippen molar-refractivity contribution < 1.29 is 19.1 Å². The van der Waals surface area contributed by atoms with Crippen LogP contribution < -0.4 is 10.1 Å². The Balaban J connectivity index is 1.80. The summed E-state index contributed by atoms with van der Waals surface area (Å²) in [6.07, 6.45) is 3.22. The van der Waals surface area contributed by atoms with Gasteiger partial charge >= 0.3 is 5.97 Å². The summed E-state index contributed by atoms with van der Waals surface area (Å²) in [5, 5.41) is 3.45. The van der Waals surface area contributed by atoms with Crippen molar-refractivity contribution in [3.8, 4) is 5.75 Å². The lowest BCUT2D eigenvalue weighted by Gasteiger charge is -2.16. The summed E-state index contributed by atoms with van der Waals surface area (Å²) in [6.45, 7) is 3.77. The number of para-hydroxylation sites is 1. The largest absolute Gasteiger partial charge is 0.480 e. The molecule has 1 aromatic carbocycles. The normalized spacial score (nSPS) is 14.2. The molecule has 5 nitrogen and oxygen atoms in total. The van der Waals surface area contributed by atoms with E-state index in [4.69, 9.17) is 9.47 Å². The summed E-state index contributed by atoms with van der Waals surface area (Å²) >= 11 is 4.89. The van der Waals surface area contributed by atoms with E-state index >= 15 is 0 Å². The summed E-state index contributed by atoms with van der Waals surface area (Å²) < 4.78 is 11.8. The number of benzene rings is 1. The van der Waals surface area contributed by atoms with Gasteiger partial charge in [-0.3, -0.25) is 4.79 Å².